The van der Waals surface area contributed by atoms with Crippen LogP contribution in [-0.4, -0.2) is 41.6 Å². The first-order valence-electron chi connectivity index (χ1n) is 7.74. The van der Waals surface area contributed by atoms with Gasteiger partial charge < -0.3 is 15.3 Å². The molecular weight excluding hydrogens is 256 g/mol. The average Bonchev–Trinajstić information content (AvgIpc) is 3.28. The number of piperidine rings is 1. The summed E-state index contributed by atoms with van der Waals surface area (Å²) in [6.45, 7) is 5.76. The second-order valence-electron chi connectivity index (χ2n) is 6.46. The highest BCUT2D eigenvalue weighted by molar-refractivity contribution is 5.78. The van der Waals surface area contributed by atoms with Crippen LogP contribution >= 0.6 is 0 Å². The molecular formula is C15H26N2O3. The summed E-state index contributed by atoms with van der Waals surface area (Å²) in [7, 11) is 0. The van der Waals surface area contributed by atoms with Crippen LogP contribution in [0.5, 0.6) is 0 Å². The summed E-state index contributed by atoms with van der Waals surface area (Å²) in [5.41, 5.74) is -0.752. The van der Waals surface area contributed by atoms with Gasteiger partial charge in [0.2, 0.25) is 0 Å². The minimum atomic E-state index is -0.774. The van der Waals surface area contributed by atoms with Gasteiger partial charge in [0.1, 0.15) is 0 Å². The number of carboxylic acids is 1. The van der Waals surface area contributed by atoms with Crippen LogP contribution in [0.15, 0.2) is 0 Å². The van der Waals surface area contributed by atoms with Crippen LogP contribution in [0.2, 0.25) is 0 Å². The van der Waals surface area contributed by atoms with Crippen molar-refractivity contribution in [3.8, 4) is 0 Å². The van der Waals surface area contributed by atoms with Crippen molar-refractivity contribution in [3.63, 3.8) is 0 Å². The van der Waals surface area contributed by atoms with Crippen LogP contribution in [0.3, 0.4) is 0 Å². The lowest BCUT2D eigenvalue weighted by Gasteiger charge is -2.39. The van der Waals surface area contributed by atoms with Gasteiger partial charge in [-0.25, -0.2) is 4.79 Å². The second-order valence-corrected chi connectivity index (χ2v) is 6.46. The molecule has 5 heteroatoms. The van der Waals surface area contributed by atoms with Crippen molar-refractivity contribution >= 4 is 12.0 Å². The minimum Gasteiger partial charge on any atom is -0.481 e. The van der Waals surface area contributed by atoms with Gasteiger partial charge in [-0.3, -0.25) is 4.79 Å². The Morgan fingerprint density at radius 1 is 1.45 bits per heavy atom. The summed E-state index contributed by atoms with van der Waals surface area (Å²) in [6, 6.07) is -0.101. The highest BCUT2D eigenvalue weighted by atomic mass is 16.4. The lowest BCUT2D eigenvalue weighted by Crippen LogP contribution is -2.52. The molecule has 0 aromatic heterocycles. The summed E-state index contributed by atoms with van der Waals surface area (Å²) in [5.74, 6) is 0.522. The molecule has 2 amide bonds. The third-order valence-corrected chi connectivity index (χ3v) is 5.00. The van der Waals surface area contributed by atoms with Gasteiger partial charge in [-0.15, -0.1) is 0 Å². The van der Waals surface area contributed by atoms with E-state index in [1.54, 1.807) is 4.90 Å². The van der Waals surface area contributed by atoms with Crippen molar-refractivity contribution in [1.29, 1.82) is 0 Å². The summed E-state index contributed by atoms with van der Waals surface area (Å²) < 4.78 is 0. The van der Waals surface area contributed by atoms with E-state index in [2.05, 4.69) is 12.2 Å². The van der Waals surface area contributed by atoms with Crippen LogP contribution < -0.4 is 5.32 Å². The molecule has 2 unspecified atom stereocenters. The highest BCUT2D eigenvalue weighted by Crippen LogP contribution is 2.36. The van der Waals surface area contributed by atoms with Crippen molar-refractivity contribution < 1.29 is 14.7 Å². The molecule has 1 saturated heterocycles. The van der Waals surface area contributed by atoms with E-state index in [-0.39, 0.29) is 6.03 Å². The molecule has 2 atom stereocenters. The first kappa shape index (κ1) is 15.1. The first-order valence-corrected chi connectivity index (χ1v) is 7.74. The molecule has 1 aliphatic heterocycles. The number of carbonyl (C=O) groups is 2. The van der Waals surface area contributed by atoms with Gasteiger partial charge in [-0.1, -0.05) is 13.8 Å². The van der Waals surface area contributed by atoms with Crippen molar-refractivity contribution in [2.75, 3.05) is 19.6 Å². The predicted molar refractivity (Wildman–Crippen MR) is 76.5 cm³/mol. The maximum Gasteiger partial charge on any atom is 0.317 e. The third kappa shape index (κ3) is 3.25. The molecule has 1 heterocycles. The molecule has 2 fully saturated rings. The van der Waals surface area contributed by atoms with Crippen LogP contribution in [0, 0.1) is 17.3 Å². The Kier molecular flexibility index (Phi) is 4.55. The van der Waals surface area contributed by atoms with E-state index >= 15 is 0 Å². The molecule has 2 N–H and O–H groups in total. The van der Waals surface area contributed by atoms with Gasteiger partial charge in [-0.05, 0) is 43.9 Å². The number of rotatable bonds is 5. The van der Waals surface area contributed by atoms with Gasteiger partial charge in [0, 0.05) is 19.6 Å². The van der Waals surface area contributed by atoms with Crippen molar-refractivity contribution in [1.82, 2.24) is 10.2 Å². The van der Waals surface area contributed by atoms with Crippen LogP contribution in [0.4, 0.5) is 4.79 Å². The van der Waals surface area contributed by atoms with E-state index in [0.29, 0.717) is 38.4 Å². The topological polar surface area (TPSA) is 69.6 Å². The largest absolute Gasteiger partial charge is 0.481 e. The SMILES string of the molecule is CCC1(C(=O)O)CCCN(C(=O)NCC(C)C2CC2)C1. The van der Waals surface area contributed by atoms with E-state index < -0.39 is 11.4 Å². The van der Waals surface area contributed by atoms with Gasteiger partial charge in [0.15, 0.2) is 0 Å². The molecule has 5 nitrogen and oxygen atoms in total. The van der Waals surface area contributed by atoms with Crippen LogP contribution in [0.25, 0.3) is 0 Å². The maximum atomic E-state index is 12.2. The van der Waals surface area contributed by atoms with Crippen molar-refractivity contribution in [3.05, 3.63) is 0 Å². The Morgan fingerprint density at radius 3 is 2.70 bits per heavy atom. The number of nitrogens with zero attached hydrogens (tertiary/aromatic N) is 1. The number of urea groups is 1. The molecule has 0 spiro atoms. The second kappa shape index (κ2) is 6.02. The Morgan fingerprint density at radius 2 is 2.15 bits per heavy atom. The number of likely N-dealkylation sites (tertiary alicyclic amines) is 1. The third-order valence-electron chi connectivity index (χ3n) is 5.00. The Bertz CT molecular complexity index is 381. The van der Waals surface area contributed by atoms with Crippen molar-refractivity contribution in [2.45, 2.75) is 46.0 Å². The molecule has 2 rings (SSSR count). The monoisotopic (exact) mass is 282 g/mol. The van der Waals surface area contributed by atoms with E-state index in [9.17, 15) is 14.7 Å². The van der Waals surface area contributed by atoms with Gasteiger partial charge >= 0.3 is 12.0 Å². The average molecular weight is 282 g/mol. The summed E-state index contributed by atoms with van der Waals surface area (Å²) in [6.07, 6.45) is 4.56. The predicted octanol–water partition coefficient (Wildman–Crippen LogP) is 2.32. The Labute approximate surface area is 120 Å². The van der Waals surface area contributed by atoms with Crippen LogP contribution in [-0.2, 0) is 4.79 Å². The van der Waals surface area contributed by atoms with E-state index in [0.717, 1.165) is 12.3 Å². The summed E-state index contributed by atoms with van der Waals surface area (Å²) in [5, 5.41) is 12.4. The lowest BCUT2D eigenvalue weighted by atomic mass is 9.78. The fourth-order valence-electron chi connectivity index (χ4n) is 3.11. The Hall–Kier alpha value is -1.26. The number of nitrogens with one attached hydrogen (secondary N) is 1. The molecule has 1 aliphatic carbocycles. The van der Waals surface area contributed by atoms with Crippen LogP contribution in [0.1, 0.15) is 46.0 Å². The van der Waals surface area contributed by atoms with Gasteiger partial charge in [0.05, 0.1) is 5.41 Å². The number of carboxylic acid groups (broad SMARTS) is 1. The Balaban J connectivity index is 1.87. The quantitative estimate of drug-likeness (QED) is 0.813. The molecule has 1 saturated carbocycles. The molecule has 114 valence electrons. The van der Waals surface area contributed by atoms with E-state index in [1.807, 2.05) is 6.92 Å². The molecule has 0 radical (unpaired) electrons. The first-order chi connectivity index (χ1) is 9.48. The molecule has 0 aromatic carbocycles. The fraction of sp³-hybridized carbons (Fsp3) is 0.867. The summed E-state index contributed by atoms with van der Waals surface area (Å²) >= 11 is 0. The smallest absolute Gasteiger partial charge is 0.317 e. The van der Waals surface area contributed by atoms with E-state index in [4.69, 9.17) is 0 Å². The number of carbonyl (C=O) groups excluding carboxylic acids is 1. The van der Waals surface area contributed by atoms with E-state index in [1.165, 1.54) is 12.8 Å². The zero-order valence-corrected chi connectivity index (χ0v) is 12.5. The molecule has 2 aliphatic rings. The summed E-state index contributed by atoms with van der Waals surface area (Å²) in [4.78, 5) is 25.4. The number of hydrogen-bond donors (Lipinski definition) is 2. The number of hydrogen-bond acceptors (Lipinski definition) is 2. The zero-order valence-electron chi connectivity index (χ0n) is 12.5. The standard InChI is InChI=1S/C15H26N2O3/c1-3-15(13(18)19)7-4-8-17(10-15)14(20)16-9-11(2)12-5-6-12/h11-12H,3-10H2,1-2H3,(H,16,20)(H,18,19). The molecule has 20 heavy (non-hydrogen) atoms. The minimum absolute atomic E-state index is 0.101. The normalized spacial score (nSPS) is 28.0. The number of aliphatic carboxylic acids is 1. The molecule has 0 bridgehead atoms. The van der Waals surface area contributed by atoms with Gasteiger partial charge in [0.25, 0.3) is 0 Å². The lowest BCUT2D eigenvalue weighted by molar-refractivity contribution is -0.152. The fourth-order valence-corrected chi connectivity index (χ4v) is 3.11. The highest BCUT2D eigenvalue weighted by Gasteiger charge is 2.42. The maximum absolute atomic E-state index is 12.2. The van der Waals surface area contributed by atoms with Crippen molar-refractivity contribution in [2.24, 2.45) is 17.3 Å². The zero-order chi connectivity index (χ0) is 14.8. The number of amides is 2. The molecule has 0 aromatic rings. The van der Waals surface area contributed by atoms with Gasteiger partial charge in [-0.2, -0.15) is 0 Å².